The van der Waals surface area contributed by atoms with Crippen LogP contribution >= 0.6 is 0 Å². The number of nitrogens with one attached hydrogen (secondary N) is 1. The second kappa shape index (κ2) is 5.36. The van der Waals surface area contributed by atoms with E-state index in [0.29, 0.717) is 23.7 Å². The molecular formula is C13H18FNO2. The SMILES string of the molecule is COc1cc(O)c(F)c(CC2CCNCC2)c1. The summed E-state index contributed by atoms with van der Waals surface area (Å²) in [5.74, 6) is 0.155. The summed E-state index contributed by atoms with van der Waals surface area (Å²) < 4.78 is 18.8. The molecule has 1 aromatic carbocycles. The first kappa shape index (κ1) is 12.2. The van der Waals surface area contributed by atoms with Crippen molar-refractivity contribution in [1.29, 1.82) is 0 Å². The molecule has 0 aromatic heterocycles. The van der Waals surface area contributed by atoms with Gasteiger partial charge in [0, 0.05) is 6.07 Å². The summed E-state index contributed by atoms with van der Waals surface area (Å²) in [6.07, 6.45) is 2.77. The zero-order valence-electron chi connectivity index (χ0n) is 10.0. The molecule has 1 saturated heterocycles. The number of hydrogen-bond donors (Lipinski definition) is 2. The standard InChI is InChI=1S/C13H18FNO2/c1-17-11-7-10(13(14)12(16)8-11)6-9-2-4-15-5-3-9/h7-9,15-16H,2-6H2,1H3. The molecule has 0 unspecified atom stereocenters. The van der Waals surface area contributed by atoms with E-state index in [1.165, 1.54) is 13.2 Å². The maximum absolute atomic E-state index is 13.8. The lowest BCUT2D eigenvalue weighted by Crippen LogP contribution is -2.28. The first-order chi connectivity index (χ1) is 8.20. The van der Waals surface area contributed by atoms with Gasteiger partial charge in [-0.15, -0.1) is 0 Å². The molecule has 2 rings (SSSR count). The second-order valence-corrected chi connectivity index (χ2v) is 4.52. The van der Waals surface area contributed by atoms with E-state index in [0.717, 1.165) is 25.9 Å². The molecule has 4 heteroatoms. The van der Waals surface area contributed by atoms with E-state index < -0.39 is 5.82 Å². The average molecular weight is 239 g/mol. The van der Waals surface area contributed by atoms with Crippen molar-refractivity contribution in [2.24, 2.45) is 5.92 Å². The molecule has 0 atom stereocenters. The fourth-order valence-corrected chi connectivity index (χ4v) is 2.30. The van der Waals surface area contributed by atoms with Gasteiger partial charge in [0.25, 0.3) is 0 Å². The number of hydrogen-bond acceptors (Lipinski definition) is 3. The Kier molecular flexibility index (Phi) is 3.84. The summed E-state index contributed by atoms with van der Waals surface area (Å²) in [7, 11) is 1.51. The van der Waals surface area contributed by atoms with Crippen LogP contribution in [0.25, 0.3) is 0 Å². The first-order valence-corrected chi connectivity index (χ1v) is 5.97. The fourth-order valence-electron chi connectivity index (χ4n) is 2.30. The van der Waals surface area contributed by atoms with Gasteiger partial charge >= 0.3 is 0 Å². The Morgan fingerprint density at radius 3 is 2.76 bits per heavy atom. The highest BCUT2D eigenvalue weighted by Crippen LogP contribution is 2.29. The number of halogens is 1. The molecule has 3 nitrogen and oxygen atoms in total. The van der Waals surface area contributed by atoms with Gasteiger partial charge in [-0.05, 0) is 49.9 Å². The normalized spacial score (nSPS) is 17.1. The predicted octanol–water partition coefficient (Wildman–Crippen LogP) is 2.08. The number of aromatic hydroxyl groups is 1. The molecular weight excluding hydrogens is 221 g/mol. The van der Waals surface area contributed by atoms with E-state index in [4.69, 9.17) is 4.74 Å². The number of rotatable bonds is 3. The minimum Gasteiger partial charge on any atom is -0.505 e. The quantitative estimate of drug-likeness (QED) is 0.848. The van der Waals surface area contributed by atoms with Gasteiger partial charge in [-0.2, -0.15) is 0 Å². The molecule has 1 fully saturated rings. The highest BCUT2D eigenvalue weighted by Gasteiger charge is 2.18. The zero-order valence-corrected chi connectivity index (χ0v) is 10.0. The summed E-state index contributed by atoms with van der Waals surface area (Å²) in [5, 5.41) is 12.8. The molecule has 0 saturated carbocycles. The molecule has 0 bridgehead atoms. The van der Waals surface area contributed by atoms with Gasteiger partial charge in [0.2, 0.25) is 0 Å². The van der Waals surface area contributed by atoms with Crippen molar-refractivity contribution >= 4 is 0 Å². The van der Waals surface area contributed by atoms with E-state index >= 15 is 0 Å². The number of phenols is 1. The van der Waals surface area contributed by atoms with Crippen LogP contribution in [0.2, 0.25) is 0 Å². The summed E-state index contributed by atoms with van der Waals surface area (Å²) in [6.45, 7) is 1.98. The van der Waals surface area contributed by atoms with Gasteiger partial charge in [-0.25, -0.2) is 4.39 Å². The van der Waals surface area contributed by atoms with E-state index in [9.17, 15) is 9.50 Å². The lowest BCUT2D eigenvalue weighted by molar-refractivity contribution is 0.360. The average Bonchev–Trinajstić information content (AvgIpc) is 2.36. The number of piperidine rings is 1. The van der Waals surface area contributed by atoms with Crippen LogP contribution in [-0.2, 0) is 6.42 Å². The third-order valence-corrected chi connectivity index (χ3v) is 3.31. The number of phenolic OH excluding ortho intramolecular Hbond substituents is 1. The van der Waals surface area contributed by atoms with Crippen molar-refractivity contribution in [1.82, 2.24) is 5.32 Å². The van der Waals surface area contributed by atoms with Crippen LogP contribution in [0.15, 0.2) is 12.1 Å². The van der Waals surface area contributed by atoms with E-state index in [-0.39, 0.29) is 5.75 Å². The van der Waals surface area contributed by atoms with Gasteiger partial charge in [-0.1, -0.05) is 0 Å². The molecule has 94 valence electrons. The molecule has 2 N–H and O–H groups in total. The van der Waals surface area contributed by atoms with Crippen LogP contribution in [0.5, 0.6) is 11.5 Å². The molecule has 1 aliphatic rings. The van der Waals surface area contributed by atoms with Crippen molar-refractivity contribution in [3.8, 4) is 11.5 Å². The van der Waals surface area contributed by atoms with Crippen LogP contribution in [0.1, 0.15) is 18.4 Å². The Labute approximate surface area is 101 Å². The van der Waals surface area contributed by atoms with Crippen LogP contribution in [0.4, 0.5) is 4.39 Å². The Balaban J connectivity index is 2.15. The lowest BCUT2D eigenvalue weighted by atomic mass is 9.90. The minimum absolute atomic E-state index is 0.326. The lowest BCUT2D eigenvalue weighted by Gasteiger charge is -2.23. The summed E-state index contributed by atoms with van der Waals surface area (Å²) in [5.41, 5.74) is 0.550. The second-order valence-electron chi connectivity index (χ2n) is 4.52. The van der Waals surface area contributed by atoms with Gasteiger partial charge in [-0.3, -0.25) is 0 Å². The third-order valence-electron chi connectivity index (χ3n) is 3.31. The van der Waals surface area contributed by atoms with Crippen molar-refractivity contribution in [2.75, 3.05) is 20.2 Å². The topological polar surface area (TPSA) is 41.5 Å². The molecule has 0 radical (unpaired) electrons. The van der Waals surface area contributed by atoms with Crippen LogP contribution in [0, 0.1) is 11.7 Å². The monoisotopic (exact) mass is 239 g/mol. The maximum Gasteiger partial charge on any atom is 0.168 e. The Morgan fingerprint density at radius 2 is 2.12 bits per heavy atom. The van der Waals surface area contributed by atoms with Crippen molar-refractivity contribution in [2.45, 2.75) is 19.3 Å². The van der Waals surface area contributed by atoms with Gasteiger partial charge < -0.3 is 15.2 Å². The van der Waals surface area contributed by atoms with Crippen molar-refractivity contribution in [3.63, 3.8) is 0 Å². The van der Waals surface area contributed by atoms with Crippen LogP contribution in [-0.4, -0.2) is 25.3 Å². The van der Waals surface area contributed by atoms with E-state index in [1.54, 1.807) is 6.07 Å². The third kappa shape index (κ3) is 2.88. The highest BCUT2D eigenvalue weighted by atomic mass is 19.1. The van der Waals surface area contributed by atoms with Crippen molar-refractivity contribution < 1.29 is 14.2 Å². The molecule has 17 heavy (non-hydrogen) atoms. The van der Waals surface area contributed by atoms with Crippen LogP contribution in [0.3, 0.4) is 0 Å². The highest BCUT2D eigenvalue weighted by molar-refractivity contribution is 5.39. The van der Waals surface area contributed by atoms with E-state index in [2.05, 4.69) is 5.32 Å². The molecule has 1 heterocycles. The van der Waals surface area contributed by atoms with Gasteiger partial charge in [0.05, 0.1) is 7.11 Å². The zero-order chi connectivity index (χ0) is 12.3. The van der Waals surface area contributed by atoms with Gasteiger partial charge in [0.15, 0.2) is 11.6 Å². The molecule has 0 spiro atoms. The van der Waals surface area contributed by atoms with Gasteiger partial charge in [0.1, 0.15) is 5.75 Å². The fraction of sp³-hybridized carbons (Fsp3) is 0.538. The Bertz CT molecular complexity index is 389. The number of methoxy groups -OCH3 is 1. The summed E-state index contributed by atoms with van der Waals surface area (Å²) >= 11 is 0. The van der Waals surface area contributed by atoms with Crippen molar-refractivity contribution in [3.05, 3.63) is 23.5 Å². The Hall–Kier alpha value is -1.29. The Morgan fingerprint density at radius 1 is 1.41 bits per heavy atom. The van der Waals surface area contributed by atoms with Crippen LogP contribution < -0.4 is 10.1 Å². The minimum atomic E-state index is -0.510. The molecule has 1 aliphatic heterocycles. The maximum atomic E-state index is 13.8. The predicted molar refractivity (Wildman–Crippen MR) is 63.9 cm³/mol. The smallest absolute Gasteiger partial charge is 0.168 e. The summed E-state index contributed by atoms with van der Waals surface area (Å²) in [4.78, 5) is 0. The number of ether oxygens (including phenoxy) is 1. The number of benzene rings is 1. The first-order valence-electron chi connectivity index (χ1n) is 5.97. The molecule has 1 aromatic rings. The molecule has 0 amide bonds. The van der Waals surface area contributed by atoms with E-state index in [1.807, 2.05) is 0 Å². The molecule has 0 aliphatic carbocycles. The summed E-state index contributed by atoms with van der Waals surface area (Å²) in [6, 6.07) is 2.98. The largest absolute Gasteiger partial charge is 0.505 e.